The van der Waals surface area contributed by atoms with Crippen molar-refractivity contribution in [3.05, 3.63) is 59.7 Å². The molecule has 2 rings (SSSR count). The summed E-state index contributed by atoms with van der Waals surface area (Å²) in [5.74, 6) is -0.0499. The fourth-order valence-electron chi connectivity index (χ4n) is 3.16. The number of anilines is 1. The lowest BCUT2D eigenvalue weighted by molar-refractivity contribution is -0.116. The van der Waals surface area contributed by atoms with Crippen molar-refractivity contribution in [1.29, 1.82) is 0 Å². The number of aryl methyl sites for hydroxylation is 2. The van der Waals surface area contributed by atoms with Crippen LogP contribution in [0.4, 0.5) is 5.69 Å². The highest BCUT2D eigenvalue weighted by atomic mass is 32.2. The van der Waals surface area contributed by atoms with Crippen molar-refractivity contribution in [2.45, 2.75) is 57.8 Å². The van der Waals surface area contributed by atoms with Gasteiger partial charge in [0.15, 0.2) is 0 Å². The SMILES string of the molecule is CCCCc1ccc(NC(=O)CCc2ccc(S(=O)(=O)N(CC)CC)cc2)cc1. The first-order chi connectivity index (χ1) is 13.9. The summed E-state index contributed by atoms with van der Waals surface area (Å²) in [6.07, 6.45) is 4.30. The molecule has 0 fully saturated rings. The zero-order chi connectivity index (χ0) is 21.3. The van der Waals surface area contributed by atoms with Crippen LogP contribution in [-0.2, 0) is 27.7 Å². The predicted molar refractivity (Wildman–Crippen MR) is 119 cm³/mol. The molecule has 0 aromatic heterocycles. The second-order valence-electron chi connectivity index (χ2n) is 7.08. The minimum Gasteiger partial charge on any atom is -0.326 e. The van der Waals surface area contributed by atoms with Gasteiger partial charge in [0.05, 0.1) is 4.90 Å². The molecular weight excluding hydrogens is 384 g/mol. The molecule has 0 radical (unpaired) electrons. The highest BCUT2D eigenvalue weighted by Gasteiger charge is 2.21. The third-order valence-corrected chi connectivity index (χ3v) is 7.03. The number of hydrogen-bond donors (Lipinski definition) is 1. The average Bonchev–Trinajstić information content (AvgIpc) is 2.73. The maximum absolute atomic E-state index is 12.5. The number of unbranched alkanes of at least 4 members (excludes halogenated alkanes) is 1. The highest BCUT2D eigenvalue weighted by molar-refractivity contribution is 7.89. The number of hydrogen-bond acceptors (Lipinski definition) is 3. The molecule has 1 N–H and O–H groups in total. The van der Waals surface area contributed by atoms with Gasteiger partial charge in [-0.3, -0.25) is 4.79 Å². The first kappa shape index (κ1) is 23.1. The normalized spacial score (nSPS) is 11.6. The monoisotopic (exact) mass is 416 g/mol. The van der Waals surface area contributed by atoms with Crippen LogP contribution in [0.2, 0.25) is 0 Å². The van der Waals surface area contributed by atoms with Gasteiger partial charge in [0.1, 0.15) is 0 Å². The Morgan fingerprint density at radius 2 is 1.41 bits per heavy atom. The zero-order valence-corrected chi connectivity index (χ0v) is 18.5. The molecule has 0 spiro atoms. The van der Waals surface area contributed by atoms with E-state index in [0.29, 0.717) is 25.9 Å². The van der Waals surface area contributed by atoms with Crippen LogP contribution in [0.15, 0.2) is 53.4 Å². The van der Waals surface area contributed by atoms with E-state index in [4.69, 9.17) is 0 Å². The quantitative estimate of drug-likeness (QED) is 0.581. The average molecular weight is 417 g/mol. The molecule has 2 aromatic rings. The summed E-state index contributed by atoms with van der Waals surface area (Å²) in [4.78, 5) is 12.5. The Morgan fingerprint density at radius 1 is 0.862 bits per heavy atom. The molecule has 5 nitrogen and oxygen atoms in total. The van der Waals surface area contributed by atoms with E-state index in [1.54, 1.807) is 24.3 Å². The van der Waals surface area contributed by atoms with Gasteiger partial charge in [0.2, 0.25) is 15.9 Å². The Bertz CT molecular complexity index is 871. The largest absolute Gasteiger partial charge is 0.326 e. The number of sulfonamides is 1. The topological polar surface area (TPSA) is 66.5 Å². The Kier molecular flexibility index (Phi) is 8.86. The number of carbonyl (C=O) groups is 1. The van der Waals surface area contributed by atoms with Crippen LogP contribution in [0.3, 0.4) is 0 Å². The van der Waals surface area contributed by atoms with Gasteiger partial charge in [-0.1, -0.05) is 51.5 Å². The molecule has 158 valence electrons. The van der Waals surface area contributed by atoms with Crippen molar-refractivity contribution in [1.82, 2.24) is 4.31 Å². The molecule has 0 aliphatic rings. The Labute approximate surface area is 175 Å². The minimum absolute atomic E-state index is 0.0499. The lowest BCUT2D eigenvalue weighted by atomic mass is 10.1. The molecule has 0 bridgehead atoms. The summed E-state index contributed by atoms with van der Waals surface area (Å²) < 4.78 is 26.5. The maximum Gasteiger partial charge on any atom is 0.243 e. The predicted octanol–water partition coefficient (Wildman–Crippen LogP) is 4.63. The van der Waals surface area contributed by atoms with Gasteiger partial charge in [-0.05, 0) is 54.7 Å². The molecule has 6 heteroatoms. The molecule has 0 aliphatic carbocycles. The maximum atomic E-state index is 12.5. The van der Waals surface area contributed by atoms with E-state index in [1.165, 1.54) is 22.7 Å². The lowest BCUT2D eigenvalue weighted by Crippen LogP contribution is -2.30. The second kappa shape index (κ2) is 11.1. The first-order valence-electron chi connectivity index (χ1n) is 10.4. The van der Waals surface area contributed by atoms with Gasteiger partial charge in [-0.15, -0.1) is 0 Å². The summed E-state index contributed by atoms with van der Waals surface area (Å²) in [5, 5.41) is 2.92. The lowest BCUT2D eigenvalue weighted by Gasteiger charge is -2.18. The number of carbonyl (C=O) groups excluding carboxylic acids is 1. The Morgan fingerprint density at radius 3 is 1.97 bits per heavy atom. The van der Waals surface area contributed by atoms with Crippen LogP contribution in [0.1, 0.15) is 51.2 Å². The van der Waals surface area contributed by atoms with Crippen molar-refractivity contribution >= 4 is 21.6 Å². The van der Waals surface area contributed by atoms with Crippen LogP contribution in [-0.4, -0.2) is 31.7 Å². The smallest absolute Gasteiger partial charge is 0.243 e. The summed E-state index contributed by atoms with van der Waals surface area (Å²) >= 11 is 0. The summed E-state index contributed by atoms with van der Waals surface area (Å²) in [6.45, 7) is 6.71. The van der Waals surface area contributed by atoms with Crippen molar-refractivity contribution in [3.63, 3.8) is 0 Å². The first-order valence-corrected chi connectivity index (χ1v) is 11.8. The van der Waals surface area contributed by atoms with E-state index in [2.05, 4.69) is 24.4 Å². The van der Waals surface area contributed by atoms with E-state index >= 15 is 0 Å². The van der Waals surface area contributed by atoms with Crippen LogP contribution >= 0.6 is 0 Å². The highest BCUT2D eigenvalue weighted by Crippen LogP contribution is 2.17. The zero-order valence-electron chi connectivity index (χ0n) is 17.6. The molecule has 2 aromatic carbocycles. The molecule has 0 aliphatic heterocycles. The fraction of sp³-hybridized carbons (Fsp3) is 0.435. The van der Waals surface area contributed by atoms with Gasteiger partial charge >= 0.3 is 0 Å². The molecule has 0 unspecified atom stereocenters. The number of rotatable bonds is 11. The van der Waals surface area contributed by atoms with Gasteiger partial charge < -0.3 is 5.32 Å². The van der Waals surface area contributed by atoms with Gasteiger partial charge in [-0.2, -0.15) is 4.31 Å². The standard InChI is InChI=1S/C23H32N2O3S/c1-4-7-8-19-9-14-21(15-10-19)24-23(26)18-13-20-11-16-22(17-12-20)29(27,28)25(5-2)6-3/h9-12,14-17H,4-8,13,18H2,1-3H3,(H,24,26). The molecular formula is C23H32N2O3S. The number of amides is 1. The molecule has 0 saturated carbocycles. The molecule has 0 saturated heterocycles. The van der Waals surface area contributed by atoms with Crippen molar-refractivity contribution in [3.8, 4) is 0 Å². The van der Waals surface area contributed by atoms with E-state index < -0.39 is 10.0 Å². The van der Waals surface area contributed by atoms with Gasteiger partial charge in [0, 0.05) is 25.2 Å². The van der Waals surface area contributed by atoms with E-state index in [0.717, 1.165) is 17.7 Å². The molecule has 0 heterocycles. The van der Waals surface area contributed by atoms with Crippen LogP contribution in [0, 0.1) is 0 Å². The Balaban J connectivity index is 1.89. The van der Waals surface area contributed by atoms with Gasteiger partial charge in [0.25, 0.3) is 0 Å². The van der Waals surface area contributed by atoms with Crippen LogP contribution in [0.25, 0.3) is 0 Å². The minimum atomic E-state index is -3.45. The number of benzene rings is 2. The summed E-state index contributed by atoms with van der Waals surface area (Å²) in [6, 6.07) is 14.8. The van der Waals surface area contributed by atoms with E-state index in [9.17, 15) is 13.2 Å². The van der Waals surface area contributed by atoms with Crippen molar-refractivity contribution < 1.29 is 13.2 Å². The van der Waals surface area contributed by atoms with Crippen molar-refractivity contribution in [2.75, 3.05) is 18.4 Å². The third-order valence-electron chi connectivity index (χ3n) is 4.96. The third kappa shape index (κ3) is 6.68. The summed E-state index contributed by atoms with van der Waals surface area (Å²) in [5.41, 5.74) is 3.02. The second-order valence-corrected chi connectivity index (χ2v) is 9.02. The molecule has 0 atom stereocenters. The summed E-state index contributed by atoms with van der Waals surface area (Å²) in [7, 11) is -3.45. The molecule has 1 amide bonds. The number of nitrogens with one attached hydrogen (secondary N) is 1. The van der Waals surface area contributed by atoms with Crippen LogP contribution < -0.4 is 5.32 Å². The fourth-order valence-corrected chi connectivity index (χ4v) is 4.62. The Hall–Kier alpha value is -2.18. The van der Waals surface area contributed by atoms with E-state index in [1.807, 2.05) is 26.0 Å². The number of nitrogens with zero attached hydrogens (tertiary/aromatic N) is 1. The van der Waals surface area contributed by atoms with Crippen molar-refractivity contribution in [2.24, 2.45) is 0 Å². The van der Waals surface area contributed by atoms with E-state index in [-0.39, 0.29) is 10.8 Å². The van der Waals surface area contributed by atoms with Crippen LogP contribution in [0.5, 0.6) is 0 Å². The molecule has 29 heavy (non-hydrogen) atoms. The van der Waals surface area contributed by atoms with Gasteiger partial charge in [-0.25, -0.2) is 8.42 Å².